The molecule has 0 fully saturated rings. The number of halogens is 1. The normalized spacial score (nSPS) is 11.7. The molecular formula is C20H20BrN3O5. The molecule has 152 valence electrons. The number of nitrogens with zero attached hydrogens (tertiary/aromatic N) is 3. The van der Waals surface area contributed by atoms with Crippen molar-refractivity contribution in [3.63, 3.8) is 0 Å². The summed E-state index contributed by atoms with van der Waals surface area (Å²) < 4.78 is 21.7. The van der Waals surface area contributed by atoms with E-state index < -0.39 is 6.10 Å². The van der Waals surface area contributed by atoms with E-state index >= 15 is 0 Å². The summed E-state index contributed by atoms with van der Waals surface area (Å²) in [5.41, 5.74) is 1.43. The summed E-state index contributed by atoms with van der Waals surface area (Å²) in [5, 5.41) is 19.3. The number of aromatic nitrogens is 3. The number of methoxy groups -OCH3 is 4. The van der Waals surface area contributed by atoms with Crippen molar-refractivity contribution in [3.05, 3.63) is 52.1 Å². The molecule has 1 heterocycles. The molecule has 1 aromatic heterocycles. The van der Waals surface area contributed by atoms with E-state index in [9.17, 15) is 5.11 Å². The highest BCUT2D eigenvalue weighted by molar-refractivity contribution is 9.10. The van der Waals surface area contributed by atoms with Gasteiger partial charge in [-0.1, -0.05) is 15.9 Å². The predicted octanol–water partition coefficient (Wildman–Crippen LogP) is 3.42. The van der Waals surface area contributed by atoms with Crippen molar-refractivity contribution in [1.82, 2.24) is 15.2 Å². The quantitative estimate of drug-likeness (QED) is 0.571. The molecule has 29 heavy (non-hydrogen) atoms. The van der Waals surface area contributed by atoms with Gasteiger partial charge >= 0.3 is 0 Å². The lowest BCUT2D eigenvalue weighted by atomic mass is 10.1. The van der Waals surface area contributed by atoms with E-state index in [1.165, 1.54) is 21.3 Å². The fourth-order valence-corrected chi connectivity index (χ4v) is 3.27. The van der Waals surface area contributed by atoms with Crippen LogP contribution < -0.4 is 18.9 Å². The second kappa shape index (κ2) is 9.06. The number of aliphatic hydroxyl groups is 1. The van der Waals surface area contributed by atoms with Gasteiger partial charge in [0.1, 0.15) is 11.9 Å². The molecule has 9 heteroatoms. The first kappa shape index (κ1) is 20.8. The van der Waals surface area contributed by atoms with Crippen LogP contribution >= 0.6 is 15.9 Å². The molecule has 0 aliphatic heterocycles. The second-order valence-corrected chi connectivity index (χ2v) is 6.74. The van der Waals surface area contributed by atoms with E-state index in [0.29, 0.717) is 27.4 Å². The molecule has 0 aliphatic rings. The summed E-state index contributed by atoms with van der Waals surface area (Å²) >= 11 is 3.44. The molecule has 3 rings (SSSR count). The van der Waals surface area contributed by atoms with Crippen molar-refractivity contribution < 1.29 is 24.1 Å². The van der Waals surface area contributed by atoms with Crippen LogP contribution in [0.4, 0.5) is 0 Å². The second-order valence-electron chi connectivity index (χ2n) is 5.89. The highest BCUT2D eigenvalue weighted by Gasteiger charge is 2.24. The molecule has 0 amide bonds. The van der Waals surface area contributed by atoms with Gasteiger partial charge in [0.15, 0.2) is 23.0 Å². The molecule has 8 nitrogen and oxygen atoms in total. The van der Waals surface area contributed by atoms with Crippen molar-refractivity contribution in [2.75, 3.05) is 28.4 Å². The van der Waals surface area contributed by atoms with Crippen LogP contribution in [0.1, 0.15) is 17.4 Å². The Morgan fingerprint density at radius 1 is 0.862 bits per heavy atom. The Labute approximate surface area is 176 Å². The Balaban J connectivity index is 2.00. The van der Waals surface area contributed by atoms with Gasteiger partial charge < -0.3 is 24.1 Å². The molecular weight excluding hydrogens is 442 g/mol. The average molecular weight is 462 g/mol. The van der Waals surface area contributed by atoms with Gasteiger partial charge in [-0.25, -0.2) is 0 Å². The lowest BCUT2D eigenvalue weighted by Crippen LogP contribution is -2.10. The summed E-state index contributed by atoms with van der Waals surface area (Å²) in [6.07, 6.45) is -1.15. The molecule has 0 aliphatic carbocycles. The first-order valence-corrected chi connectivity index (χ1v) is 9.34. The number of hydrogen-bond acceptors (Lipinski definition) is 8. The third kappa shape index (κ3) is 4.25. The van der Waals surface area contributed by atoms with Crippen LogP contribution in [0.3, 0.4) is 0 Å². The molecule has 1 unspecified atom stereocenters. The van der Waals surface area contributed by atoms with Crippen LogP contribution in [0.2, 0.25) is 0 Å². The largest absolute Gasteiger partial charge is 0.497 e. The van der Waals surface area contributed by atoms with E-state index in [-0.39, 0.29) is 11.6 Å². The Hall–Kier alpha value is -2.91. The Bertz CT molecular complexity index is 998. The van der Waals surface area contributed by atoms with Gasteiger partial charge in [-0.3, -0.25) is 0 Å². The van der Waals surface area contributed by atoms with Crippen molar-refractivity contribution in [2.45, 2.75) is 6.10 Å². The van der Waals surface area contributed by atoms with Crippen LogP contribution in [-0.2, 0) is 0 Å². The lowest BCUT2D eigenvalue weighted by Gasteiger charge is -2.17. The SMILES string of the molecule is COc1ccc(-c2nnc(C(O)c3cc(OC)c(OC)cc3Br)c(OC)n2)cc1. The molecule has 0 spiro atoms. The fourth-order valence-electron chi connectivity index (χ4n) is 2.73. The zero-order chi connectivity index (χ0) is 21.0. The van der Waals surface area contributed by atoms with Gasteiger partial charge in [0.2, 0.25) is 5.88 Å². The van der Waals surface area contributed by atoms with E-state index in [4.69, 9.17) is 18.9 Å². The maximum atomic E-state index is 10.9. The Morgan fingerprint density at radius 2 is 1.52 bits per heavy atom. The van der Waals surface area contributed by atoms with Gasteiger partial charge in [-0.05, 0) is 36.4 Å². The molecule has 0 saturated heterocycles. The number of benzene rings is 2. The summed E-state index contributed by atoms with van der Waals surface area (Å²) in [5.74, 6) is 2.26. The van der Waals surface area contributed by atoms with Crippen LogP contribution in [0, 0.1) is 0 Å². The summed E-state index contributed by atoms with van der Waals surface area (Å²) in [6, 6.07) is 10.6. The van der Waals surface area contributed by atoms with Gasteiger partial charge in [0.05, 0.1) is 28.4 Å². The van der Waals surface area contributed by atoms with E-state index in [1.807, 2.05) is 12.1 Å². The van der Waals surface area contributed by atoms with Crippen molar-refractivity contribution in [1.29, 1.82) is 0 Å². The molecule has 1 atom stereocenters. The minimum atomic E-state index is -1.15. The molecule has 1 N–H and O–H groups in total. The molecule has 2 aromatic carbocycles. The third-order valence-corrected chi connectivity index (χ3v) is 4.96. The molecule has 0 bridgehead atoms. The maximum absolute atomic E-state index is 10.9. The van der Waals surface area contributed by atoms with Crippen LogP contribution in [0.5, 0.6) is 23.1 Å². The molecule has 3 aromatic rings. The Morgan fingerprint density at radius 3 is 2.10 bits per heavy atom. The smallest absolute Gasteiger partial charge is 0.242 e. The van der Waals surface area contributed by atoms with Gasteiger partial charge in [-0.15, -0.1) is 10.2 Å². The zero-order valence-corrected chi connectivity index (χ0v) is 17.9. The number of ether oxygens (including phenoxy) is 4. The van der Waals surface area contributed by atoms with Crippen molar-refractivity contribution >= 4 is 15.9 Å². The highest BCUT2D eigenvalue weighted by Crippen LogP contribution is 2.39. The number of aliphatic hydroxyl groups excluding tert-OH is 1. The fraction of sp³-hybridized carbons (Fsp3) is 0.250. The number of rotatable bonds is 7. The minimum absolute atomic E-state index is 0.167. The van der Waals surface area contributed by atoms with E-state index in [0.717, 1.165) is 11.3 Å². The van der Waals surface area contributed by atoms with Gasteiger partial charge in [-0.2, -0.15) is 4.98 Å². The van der Waals surface area contributed by atoms with Crippen molar-refractivity contribution in [3.8, 4) is 34.5 Å². The summed E-state index contributed by atoms with van der Waals surface area (Å²) in [4.78, 5) is 4.40. The first-order chi connectivity index (χ1) is 14.0. The third-order valence-electron chi connectivity index (χ3n) is 4.28. The van der Waals surface area contributed by atoms with Gasteiger partial charge in [0.25, 0.3) is 0 Å². The lowest BCUT2D eigenvalue weighted by molar-refractivity contribution is 0.204. The zero-order valence-electron chi connectivity index (χ0n) is 16.3. The molecule has 0 saturated carbocycles. The minimum Gasteiger partial charge on any atom is -0.497 e. The topological polar surface area (TPSA) is 95.8 Å². The van der Waals surface area contributed by atoms with E-state index in [2.05, 4.69) is 31.1 Å². The van der Waals surface area contributed by atoms with Crippen LogP contribution in [0.25, 0.3) is 11.4 Å². The summed E-state index contributed by atoms with van der Waals surface area (Å²) in [7, 11) is 6.12. The molecule has 0 radical (unpaired) electrons. The Kier molecular flexibility index (Phi) is 6.50. The highest BCUT2D eigenvalue weighted by atomic mass is 79.9. The summed E-state index contributed by atoms with van der Waals surface area (Å²) in [6.45, 7) is 0. The van der Waals surface area contributed by atoms with Crippen molar-refractivity contribution in [2.24, 2.45) is 0 Å². The maximum Gasteiger partial charge on any atom is 0.242 e. The predicted molar refractivity (Wildman–Crippen MR) is 110 cm³/mol. The number of hydrogen-bond donors (Lipinski definition) is 1. The van der Waals surface area contributed by atoms with E-state index in [1.54, 1.807) is 31.4 Å². The van der Waals surface area contributed by atoms with Crippen LogP contribution in [-0.4, -0.2) is 48.7 Å². The first-order valence-electron chi connectivity index (χ1n) is 8.54. The monoisotopic (exact) mass is 461 g/mol. The average Bonchev–Trinajstić information content (AvgIpc) is 2.77. The van der Waals surface area contributed by atoms with Gasteiger partial charge in [0, 0.05) is 15.6 Å². The standard InChI is InChI=1S/C20H20BrN3O5/c1-26-12-7-5-11(6-8-12)19-22-20(29-4)17(23-24-19)18(25)13-9-15(27-2)16(28-3)10-14(13)21/h5-10,18,25H,1-4H3. The van der Waals surface area contributed by atoms with Crippen LogP contribution in [0.15, 0.2) is 40.9 Å².